The van der Waals surface area contributed by atoms with Crippen molar-refractivity contribution >= 4 is 5.82 Å². The summed E-state index contributed by atoms with van der Waals surface area (Å²) in [5.41, 5.74) is 1.00. The molecule has 1 fully saturated rings. The van der Waals surface area contributed by atoms with Crippen LogP contribution in [-0.2, 0) is 0 Å². The zero-order chi connectivity index (χ0) is 10.2. The van der Waals surface area contributed by atoms with Gasteiger partial charge in [0, 0.05) is 12.2 Å². The van der Waals surface area contributed by atoms with Gasteiger partial charge in [-0.2, -0.15) is 5.26 Å². The van der Waals surface area contributed by atoms with Crippen LogP contribution in [0.15, 0.2) is 18.3 Å². The normalized spacial score (nSPS) is 22.5. The Morgan fingerprint density at radius 1 is 1.57 bits per heavy atom. The molecule has 3 nitrogen and oxygen atoms in total. The predicted octanol–water partition coefficient (Wildman–Crippen LogP) is 2.16. The fourth-order valence-corrected chi connectivity index (χ4v) is 1.44. The zero-order valence-corrected chi connectivity index (χ0v) is 8.41. The second kappa shape index (κ2) is 2.98. The molecular formula is C11H13N3. The van der Waals surface area contributed by atoms with E-state index >= 15 is 0 Å². The molecule has 1 saturated carbocycles. The van der Waals surface area contributed by atoms with Crippen molar-refractivity contribution in [2.24, 2.45) is 5.41 Å². The van der Waals surface area contributed by atoms with E-state index in [0.717, 1.165) is 5.82 Å². The first-order valence-electron chi connectivity index (χ1n) is 4.74. The zero-order valence-electron chi connectivity index (χ0n) is 8.41. The molecule has 0 aliphatic heterocycles. The number of anilines is 1. The van der Waals surface area contributed by atoms with Gasteiger partial charge in [0.25, 0.3) is 0 Å². The topological polar surface area (TPSA) is 48.7 Å². The second-order valence-electron chi connectivity index (χ2n) is 4.43. The Bertz CT molecular complexity index is 373. The SMILES string of the molecule is CC1(C)CC1Nc1ccc(C#N)cn1. The molecule has 14 heavy (non-hydrogen) atoms. The number of hydrogen-bond donors (Lipinski definition) is 1. The van der Waals surface area contributed by atoms with Crippen molar-refractivity contribution in [1.29, 1.82) is 5.26 Å². The first kappa shape index (κ1) is 9.01. The van der Waals surface area contributed by atoms with Crippen LogP contribution in [0, 0.1) is 16.7 Å². The highest BCUT2D eigenvalue weighted by Crippen LogP contribution is 2.46. The minimum Gasteiger partial charge on any atom is -0.367 e. The minimum absolute atomic E-state index is 0.398. The van der Waals surface area contributed by atoms with Gasteiger partial charge in [-0.15, -0.1) is 0 Å². The number of nitrogens with zero attached hydrogens (tertiary/aromatic N) is 2. The Kier molecular flexibility index (Phi) is 1.92. The molecule has 1 aromatic heterocycles. The van der Waals surface area contributed by atoms with Crippen LogP contribution in [0.5, 0.6) is 0 Å². The molecular weight excluding hydrogens is 174 g/mol. The van der Waals surface area contributed by atoms with Crippen LogP contribution in [0.4, 0.5) is 5.82 Å². The molecule has 2 rings (SSSR count). The lowest BCUT2D eigenvalue weighted by molar-refractivity contribution is 0.630. The number of aromatic nitrogens is 1. The average molecular weight is 187 g/mol. The Balaban J connectivity index is 2.02. The predicted molar refractivity (Wildman–Crippen MR) is 54.8 cm³/mol. The van der Waals surface area contributed by atoms with E-state index in [2.05, 4.69) is 24.1 Å². The third-order valence-electron chi connectivity index (χ3n) is 2.73. The van der Waals surface area contributed by atoms with Gasteiger partial charge in [0.1, 0.15) is 11.9 Å². The van der Waals surface area contributed by atoms with Crippen LogP contribution in [0.3, 0.4) is 0 Å². The van der Waals surface area contributed by atoms with E-state index in [9.17, 15) is 0 Å². The van der Waals surface area contributed by atoms with Crippen LogP contribution < -0.4 is 5.32 Å². The van der Waals surface area contributed by atoms with Crippen molar-refractivity contribution in [2.75, 3.05) is 5.32 Å². The Hall–Kier alpha value is -1.56. The summed E-state index contributed by atoms with van der Waals surface area (Å²) in [5, 5.41) is 11.9. The number of rotatable bonds is 2. The van der Waals surface area contributed by atoms with Gasteiger partial charge < -0.3 is 5.32 Å². The van der Waals surface area contributed by atoms with Gasteiger partial charge in [0.15, 0.2) is 0 Å². The lowest BCUT2D eigenvalue weighted by Gasteiger charge is -2.06. The number of hydrogen-bond acceptors (Lipinski definition) is 3. The summed E-state index contributed by atoms with van der Waals surface area (Å²) in [5.74, 6) is 0.861. The van der Waals surface area contributed by atoms with Gasteiger partial charge in [-0.3, -0.25) is 0 Å². The lowest BCUT2D eigenvalue weighted by atomic mass is 10.2. The highest BCUT2D eigenvalue weighted by Gasteiger charge is 2.45. The molecule has 3 heteroatoms. The van der Waals surface area contributed by atoms with Gasteiger partial charge in [0.2, 0.25) is 0 Å². The van der Waals surface area contributed by atoms with Crippen molar-refractivity contribution in [3.63, 3.8) is 0 Å². The fourth-order valence-electron chi connectivity index (χ4n) is 1.44. The minimum atomic E-state index is 0.398. The second-order valence-corrected chi connectivity index (χ2v) is 4.43. The molecule has 0 aromatic carbocycles. The average Bonchev–Trinajstić information content (AvgIpc) is 2.75. The monoisotopic (exact) mass is 187 g/mol. The molecule has 0 bridgehead atoms. The summed E-state index contributed by atoms with van der Waals surface area (Å²) in [7, 11) is 0. The van der Waals surface area contributed by atoms with E-state index in [1.54, 1.807) is 12.3 Å². The fraction of sp³-hybridized carbons (Fsp3) is 0.455. The molecule has 1 heterocycles. The van der Waals surface area contributed by atoms with Gasteiger partial charge in [-0.1, -0.05) is 13.8 Å². The highest BCUT2D eigenvalue weighted by atomic mass is 15.1. The van der Waals surface area contributed by atoms with Crippen LogP contribution in [0.2, 0.25) is 0 Å². The largest absolute Gasteiger partial charge is 0.367 e. The van der Waals surface area contributed by atoms with Crippen LogP contribution >= 0.6 is 0 Å². The summed E-state index contributed by atoms with van der Waals surface area (Å²) in [4.78, 5) is 4.16. The number of nitriles is 1. The van der Waals surface area contributed by atoms with E-state index in [1.807, 2.05) is 12.1 Å². The van der Waals surface area contributed by atoms with Crippen LogP contribution in [0.1, 0.15) is 25.8 Å². The smallest absolute Gasteiger partial charge is 0.126 e. The van der Waals surface area contributed by atoms with Crippen LogP contribution in [0.25, 0.3) is 0 Å². The molecule has 1 N–H and O–H groups in total. The first-order chi connectivity index (χ1) is 6.62. The van der Waals surface area contributed by atoms with Gasteiger partial charge in [-0.25, -0.2) is 4.98 Å². The molecule has 0 saturated heterocycles. The summed E-state index contributed by atoms with van der Waals surface area (Å²) in [6.45, 7) is 4.46. The molecule has 1 aromatic rings. The Morgan fingerprint density at radius 2 is 2.29 bits per heavy atom. The summed E-state index contributed by atoms with van der Waals surface area (Å²) < 4.78 is 0. The molecule has 1 aliphatic carbocycles. The maximum Gasteiger partial charge on any atom is 0.126 e. The van der Waals surface area contributed by atoms with Gasteiger partial charge >= 0.3 is 0 Å². The van der Waals surface area contributed by atoms with E-state index in [1.165, 1.54) is 6.42 Å². The first-order valence-corrected chi connectivity index (χ1v) is 4.74. The summed E-state index contributed by atoms with van der Waals surface area (Å²) in [6, 6.07) is 6.22. The van der Waals surface area contributed by atoms with Crippen molar-refractivity contribution in [1.82, 2.24) is 4.98 Å². The quantitative estimate of drug-likeness (QED) is 0.771. The maximum absolute atomic E-state index is 8.60. The van der Waals surface area contributed by atoms with Crippen molar-refractivity contribution in [3.05, 3.63) is 23.9 Å². The van der Waals surface area contributed by atoms with E-state index < -0.39 is 0 Å². The Morgan fingerprint density at radius 3 is 2.71 bits per heavy atom. The molecule has 0 spiro atoms. The summed E-state index contributed by atoms with van der Waals surface area (Å²) >= 11 is 0. The lowest BCUT2D eigenvalue weighted by Crippen LogP contribution is -2.09. The van der Waals surface area contributed by atoms with E-state index in [-0.39, 0.29) is 0 Å². The summed E-state index contributed by atoms with van der Waals surface area (Å²) in [6.07, 6.45) is 2.78. The van der Waals surface area contributed by atoms with Crippen molar-refractivity contribution < 1.29 is 0 Å². The number of pyridine rings is 1. The van der Waals surface area contributed by atoms with Crippen molar-refractivity contribution in [2.45, 2.75) is 26.3 Å². The molecule has 1 atom stereocenters. The van der Waals surface area contributed by atoms with Gasteiger partial charge in [-0.05, 0) is 24.0 Å². The molecule has 0 radical (unpaired) electrons. The van der Waals surface area contributed by atoms with Crippen LogP contribution in [-0.4, -0.2) is 11.0 Å². The number of nitrogens with one attached hydrogen (secondary N) is 1. The third kappa shape index (κ3) is 1.69. The van der Waals surface area contributed by atoms with E-state index in [0.29, 0.717) is 17.0 Å². The third-order valence-corrected chi connectivity index (χ3v) is 2.73. The standard InChI is InChI=1S/C11H13N3/c1-11(2)5-9(11)14-10-4-3-8(6-12)7-13-10/h3-4,7,9H,5H2,1-2H3,(H,13,14). The maximum atomic E-state index is 8.60. The Labute approximate surface area is 83.8 Å². The highest BCUT2D eigenvalue weighted by molar-refractivity contribution is 5.41. The molecule has 1 aliphatic rings. The van der Waals surface area contributed by atoms with E-state index in [4.69, 9.17) is 5.26 Å². The van der Waals surface area contributed by atoms with Gasteiger partial charge in [0.05, 0.1) is 5.56 Å². The molecule has 1 unspecified atom stereocenters. The molecule has 72 valence electrons. The van der Waals surface area contributed by atoms with Crippen molar-refractivity contribution in [3.8, 4) is 6.07 Å². The molecule has 0 amide bonds.